The van der Waals surface area contributed by atoms with Crippen molar-refractivity contribution >= 4 is 34.2 Å². The molecule has 1 fully saturated rings. The summed E-state index contributed by atoms with van der Waals surface area (Å²) in [4.78, 5) is 29.4. The van der Waals surface area contributed by atoms with Gasteiger partial charge in [0.1, 0.15) is 0 Å². The summed E-state index contributed by atoms with van der Waals surface area (Å²) < 4.78 is 15.4. The molecule has 5 N–H and O–H groups in total. The number of anilines is 2. The number of aliphatic hydroxyl groups excluding tert-OH is 1. The van der Waals surface area contributed by atoms with Crippen LogP contribution < -0.4 is 16.4 Å². The molecule has 0 spiro atoms. The first-order valence-corrected chi connectivity index (χ1v) is 19.4. The number of imidazole rings is 1. The number of amides is 2. The maximum absolute atomic E-state index is 12.6. The lowest BCUT2D eigenvalue weighted by Crippen LogP contribution is -2.32. The highest BCUT2D eigenvalue weighted by Crippen LogP contribution is 2.39. The monoisotopic (exact) mass is 751 g/mol. The Balaban J connectivity index is 0.910. The lowest BCUT2D eigenvalue weighted by atomic mass is 9.99. The highest BCUT2D eigenvalue weighted by molar-refractivity contribution is 5.93. The summed E-state index contributed by atoms with van der Waals surface area (Å²) in [6.45, 7) is 1.08. The molecular formula is C46H49N5O5. The number of para-hydroxylation sites is 4. The molecule has 0 bridgehead atoms. The molecule has 1 saturated heterocycles. The lowest BCUT2D eigenvalue weighted by Gasteiger charge is -2.36. The van der Waals surface area contributed by atoms with Crippen LogP contribution in [-0.4, -0.2) is 32.6 Å². The SMILES string of the molecule is Nc1ccccc1NC(=O)CCCCCCC(=O)NCc1cccc(-c2ccc(C3OC(Cn4cnc5ccccc54)CC(c4ccc(CO)cc4)O3)cc2)c1. The van der Waals surface area contributed by atoms with Crippen LogP contribution in [0, 0.1) is 0 Å². The summed E-state index contributed by atoms with van der Waals surface area (Å²) in [6, 6.07) is 39.7. The van der Waals surface area contributed by atoms with Gasteiger partial charge < -0.3 is 35.5 Å². The second kappa shape index (κ2) is 18.7. The number of fused-ring (bicyclic) bond motifs is 1. The molecular weight excluding hydrogens is 703 g/mol. The van der Waals surface area contributed by atoms with Gasteiger partial charge in [-0.3, -0.25) is 9.59 Å². The number of rotatable bonds is 16. The Labute approximate surface area is 327 Å². The molecule has 10 heteroatoms. The van der Waals surface area contributed by atoms with Gasteiger partial charge in [0, 0.05) is 31.4 Å². The third kappa shape index (κ3) is 10.1. The quantitative estimate of drug-likeness (QED) is 0.0574. The van der Waals surface area contributed by atoms with Crippen molar-refractivity contribution in [2.24, 2.45) is 0 Å². The molecule has 7 rings (SSSR count). The number of aliphatic hydroxyl groups is 1. The normalized spacial score (nSPS) is 16.8. The number of nitrogen functional groups attached to an aromatic ring is 1. The van der Waals surface area contributed by atoms with Gasteiger partial charge in [0.15, 0.2) is 6.29 Å². The number of unbranched alkanes of at least 4 members (excludes halogenated alkanes) is 3. The van der Waals surface area contributed by atoms with Crippen LogP contribution in [0.15, 0.2) is 128 Å². The summed E-state index contributed by atoms with van der Waals surface area (Å²) >= 11 is 0. The predicted octanol–water partition coefficient (Wildman–Crippen LogP) is 8.62. The molecule has 56 heavy (non-hydrogen) atoms. The molecule has 0 radical (unpaired) electrons. The van der Waals surface area contributed by atoms with E-state index in [-0.39, 0.29) is 30.6 Å². The van der Waals surface area contributed by atoms with Gasteiger partial charge in [0.2, 0.25) is 11.8 Å². The number of nitrogens with two attached hydrogens (primary N) is 1. The van der Waals surface area contributed by atoms with E-state index in [4.69, 9.17) is 15.2 Å². The zero-order chi connectivity index (χ0) is 38.7. The third-order valence-corrected chi connectivity index (χ3v) is 10.3. The van der Waals surface area contributed by atoms with E-state index >= 15 is 0 Å². The van der Waals surface area contributed by atoms with Crippen molar-refractivity contribution < 1.29 is 24.2 Å². The Bertz CT molecular complexity index is 2220. The molecule has 0 aliphatic carbocycles. The number of aromatic nitrogens is 2. The smallest absolute Gasteiger partial charge is 0.224 e. The fourth-order valence-electron chi connectivity index (χ4n) is 7.14. The van der Waals surface area contributed by atoms with Crippen molar-refractivity contribution in [3.63, 3.8) is 0 Å². The molecule has 3 unspecified atom stereocenters. The topological polar surface area (TPSA) is 141 Å². The van der Waals surface area contributed by atoms with Crippen molar-refractivity contribution in [2.75, 3.05) is 11.1 Å². The minimum atomic E-state index is -0.569. The zero-order valence-corrected chi connectivity index (χ0v) is 31.5. The van der Waals surface area contributed by atoms with Crippen LogP contribution in [0.2, 0.25) is 0 Å². The molecule has 2 amide bonds. The molecule has 0 saturated carbocycles. The average molecular weight is 752 g/mol. The van der Waals surface area contributed by atoms with E-state index in [2.05, 4.69) is 62.6 Å². The van der Waals surface area contributed by atoms with E-state index in [1.165, 1.54) is 0 Å². The minimum absolute atomic E-state index is 0.00401. The molecule has 6 aromatic rings. The maximum atomic E-state index is 12.6. The molecule has 1 aliphatic rings. The Morgan fingerprint density at radius 3 is 2.27 bits per heavy atom. The van der Waals surface area contributed by atoms with Crippen LogP contribution in [0.3, 0.4) is 0 Å². The van der Waals surface area contributed by atoms with E-state index < -0.39 is 6.29 Å². The highest BCUT2D eigenvalue weighted by atomic mass is 16.7. The maximum Gasteiger partial charge on any atom is 0.224 e. The van der Waals surface area contributed by atoms with Gasteiger partial charge >= 0.3 is 0 Å². The van der Waals surface area contributed by atoms with Gasteiger partial charge in [-0.05, 0) is 71.0 Å². The molecule has 1 aliphatic heterocycles. The Kier molecular flexibility index (Phi) is 12.8. The second-order valence-electron chi connectivity index (χ2n) is 14.4. The number of ether oxygens (including phenoxy) is 2. The lowest BCUT2D eigenvalue weighted by molar-refractivity contribution is -0.252. The van der Waals surface area contributed by atoms with Crippen molar-refractivity contribution in [2.45, 2.75) is 83.1 Å². The van der Waals surface area contributed by atoms with Crippen LogP contribution in [0.1, 0.15) is 79.6 Å². The molecule has 2 heterocycles. The van der Waals surface area contributed by atoms with Crippen molar-refractivity contribution in [1.82, 2.24) is 14.9 Å². The van der Waals surface area contributed by atoms with Gasteiger partial charge in [-0.2, -0.15) is 0 Å². The van der Waals surface area contributed by atoms with Gasteiger partial charge in [0.05, 0.1) is 54.1 Å². The zero-order valence-electron chi connectivity index (χ0n) is 31.5. The van der Waals surface area contributed by atoms with E-state index in [0.29, 0.717) is 43.7 Å². The number of hydrogen-bond donors (Lipinski definition) is 4. The predicted molar refractivity (Wildman–Crippen MR) is 219 cm³/mol. The summed E-state index contributed by atoms with van der Waals surface area (Å²) in [7, 11) is 0. The van der Waals surface area contributed by atoms with Crippen LogP contribution in [0.25, 0.3) is 22.2 Å². The number of carbonyl (C=O) groups is 2. The highest BCUT2D eigenvalue weighted by Gasteiger charge is 2.32. The van der Waals surface area contributed by atoms with Crippen molar-refractivity contribution in [3.05, 3.63) is 150 Å². The Hall–Kier alpha value is -5.81. The minimum Gasteiger partial charge on any atom is -0.397 e. The molecule has 288 valence electrons. The van der Waals surface area contributed by atoms with Crippen LogP contribution in [-0.2, 0) is 38.8 Å². The Morgan fingerprint density at radius 2 is 1.48 bits per heavy atom. The van der Waals surface area contributed by atoms with E-state index in [1.54, 1.807) is 12.1 Å². The number of carbonyl (C=O) groups excluding carboxylic acids is 2. The van der Waals surface area contributed by atoms with Gasteiger partial charge in [-0.1, -0.05) is 104 Å². The summed E-state index contributed by atoms with van der Waals surface area (Å²) in [5.41, 5.74) is 15.1. The second-order valence-corrected chi connectivity index (χ2v) is 14.4. The first kappa shape index (κ1) is 38.5. The van der Waals surface area contributed by atoms with Gasteiger partial charge in [-0.25, -0.2) is 4.98 Å². The van der Waals surface area contributed by atoms with E-state index in [1.807, 2.05) is 73.1 Å². The number of nitrogens with one attached hydrogen (secondary N) is 2. The average Bonchev–Trinajstić information content (AvgIpc) is 3.64. The largest absolute Gasteiger partial charge is 0.397 e. The molecule has 10 nitrogen and oxygen atoms in total. The summed E-state index contributed by atoms with van der Waals surface area (Å²) in [5.74, 6) is -0.0293. The first-order chi connectivity index (χ1) is 27.4. The number of nitrogens with zero attached hydrogens (tertiary/aromatic N) is 2. The van der Waals surface area contributed by atoms with Crippen LogP contribution >= 0.6 is 0 Å². The van der Waals surface area contributed by atoms with E-state index in [9.17, 15) is 14.7 Å². The number of hydrogen-bond acceptors (Lipinski definition) is 7. The number of benzene rings is 5. The summed E-state index contributed by atoms with van der Waals surface area (Å²) in [5, 5.41) is 15.5. The molecule has 3 atom stereocenters. The van der Waals surface area contributed by atoms with Crippen LogP contribution in [0.4, 0.5) is 11.4 Å². The fraction of sp³-hybridized carbons (Fsp3) is 0.283. The van der Waals surface area contributed by atoms with E-state index in [0.717, 1.165) is 70.1 Å². The fourth-order valence-corrected chi connectivity index (χ4v) is 7.14. The molecule has 5 aromatic carbocycles. The standard InChI is InChI=1S/C46H49N5O5/c47-39-12-5-6-13-40(39)50-45(54)17-4-2-1-3-16-44(53)48-28-33-10-9-11-37(26-33)34-22-24-36(25-23-34)46-55-38(29-51-31-49-41-14-7-8-15-42(41)51)27-43(56-46)35-20-18-32(30-52)19-21-35/h5-15,18-26,31,38,43,46,52H,1-4,16-17,27-30,47H2,(H,48,53)(H,50,54). The third-order valence-electron chi connectivity index (χ3n) is 10.3. The van der Waals surface area contributed by atoms with Crippen LogP contribution in [0.5, 0.6) is 0 Å². The Morgan fingerprint density at radius 1 is 0.750 bits per heavy atom. The van der Waals surface area contributed by atoms with Crippen molar-refractivity contribution in [1.29, 1.82) is 0 Å². The van der Waals surface area contributed by atoms with Crippen molar-refractivity contribution in [3.8, 4) is 11.1 Å². The first-order valence-electron chi connectivity index (χ1n) is 19.4. The van der Waals surface area contributed by atoms with Gasteiger partial charge in [-0.15, -0.1) is 0 Å². The summed E-state index contributed by atoms with van der Waals surface area (Å²) in [6.07, 6.45) is 5.85. The van der Waals surface area contributed by atoms with Gasteiger partial charge in [0.25, 0.3) is 0 Å². The molecule has 1 aromatic heterocycles.